The fraction of sp³-hybridized carbons (Fsp3) is 0.381. The third kappa shape index (κ3) is 5.32. The zero-order valence-electron chi connectivity index (χ0n) is 16.0. The molecule has 0 N–H and O–H groups in total. The molecule has 1 aliphatic rings. The van der Waals surface area contributed by atoms with Crippen LogP contribution in [-0.4, -0.2) is 43.4 Å². The first kappa shape index (κ1) is 20.3. The number of carbonyl (C=O) groups is 1. The molecule has 0 saturated carbocycles. The number of ether oxygens (including phenoxy) is 1. The van der Waals surface area contributed by atoms with Crippen LogP contribution in [0.3, 0.4) is 0 Å². The van der Waals surface area contributed by atoms with Gasteiger partial charge < -0.3 is 9.64 Å². The Labute approximate surface area is 165 Å². The molecule has 1 saturated heterocycles. The molecule has 2 aromatic rings. The summed E-state index contributed by atoms with van der Waals surface area (Å²) in [4.78, 5) is 14.4. The molecule has 28 heavy (non-hydrogen) atoms. The molecule has 0 bridgehead atoms. The molecule has 0 unspecified atom stereocenters. The summed E-state index contributed by atoms with van der Waals surface area (Å²) in [6.45, 7) is 3.84. The Morgan fingerprint density at radius 3 is 2.50 bits per heavy atom. The molecule has 1 amide bonds. The maximum atomic E-state index is 13.5. The van der Waals surface area contributed by atoms with Crippen molar-refractivity contribution in [1.82, 2.24) is 4.90 Å². The molecule has 0 aromatic heterocycles. The molecule has 1 atom stereocenters. The average molecular weight is 405 g/mol. The summed E-state index contributed by atoms with van der Waals surface area (Å²) >= 11 is 0. The Hall–Kier alpha value is -2.41. The van der Waals surface area contributed by atoms with Crippen LogP contribution in [0.5, 0.6) is 5.75 Å². The molecule has 1 heterocycles. The highest BCUT2D eigenvalue weighted by Crippen LogP contribution is 2.22. The zero-order valence-corrected chi connectivity index (χ0v) is 16.8. The number of amides is 1. The van der Waals surface area contributed by atoms with Crippen LogP contribution in [0.1, 0.15) is 23.1 Å². The van der Waals surface area contributed by atoms with Crippen LogP contribution in [-0.2, 0) is 21.2 Å². The monoisotopic (exact) mass is 405 g/mol. The van der Waals surface area contributed by atoms with E-state index in [0.29, 0.717) is 17.7 Å². The fourth-order valence-corrected chi connectivity index (χ4v) is 5.25. The molecular weight excluding hydrogens is 381 g/mol. The highest BCUT2D eigenvalue weighted by atomic mass is 32.2. The standard InChI is InChI=1S/C21H24FNO4S/c1-15-8-16(2)10-20(9-15)27-13-21(24)23(19-6-7-28(25,26)14-19)12-17-4-3-5-18(22)11-17/h3-5,8-11,19H,6-7,12-14H2,1-2H3/t19-/m1/s1. The van der Waals surface area contributed by atoms with Gasteiger partial charge >= 0.3 is 0 Å². The van der Waals surface area contributed by atoms with E-state index in [1.165, 1.54) is 17.0 Å². The van der Waals surface area contributed by atoms with Gasteiger partial charge in [-0.2, -0.15) is 0 Å². The van der Waals surface area contributed by atoms with E-state index < -0.39 is 21.7 Å². The van der Waals surface area contributed by atoms with Crippen molar-refractivity contribution in [3.05, 3.63) is 65.0 Å². The number of halogens is 1. The molecule has 1 fully saturated rings. The topological polar surface area (TPSA) is 63.7 Å². The summed E-state index contributed by atoms with van der Waals surface area (Å²) < 4.78 is 43.0. The lowest BCUT2D eigenvalue weighted by Crippen LogP contribution is -2.43. The second-order valence-corrected chi connectivity index (χ2v) is 9.55. The van der Waals surface area contributed by atoms with Crippen LogP contribution in [0.25, 0.3) is 0 Å². The van der Waals surface area contributed by atoms with Crippen LogP contribution >= 0.6 is 0 Å². The molecule has 0 spiro atoms. The molecule has 3 rings (SSSR count). The Balaban J connectivity index is 1.76. The zero-order chi connectivity index (χ0) is 20.3. The van der Waals surface area contributed by atoms with E-state index in [1.807, 2.05) is 32.0 Å². The normalized spacial score (nSPS) is 18.0. The smallest absolute Gasteiger partial charge is 0.261 e. The Kier molecular flexibility index (Phi) is 6.03. The lowest BCUT2D eigenvalue weighted by Gasteiger charge is -2.28. The highest BCUT2D eigenvalue weighted by molar-refractivity contribution is 7.91. The predicted octanol–water partition coefficient (Wildman–Crippen LogP) is 3.04. The van der Waals surface area contributed by atoms with Crippen molar-refractivity contribution in [3.63, 3.8) is 0 Å². The number of hydrogen-bond acceptors (Lipinski definition) is 4. The summed E-state index contributed by atoms with van der Waals surface area (Å²) in [6, 6.07) is 11.3. The summed E-state index contributed by atoms with van der Waals surface area (Å²) in [5.74, 6) is -0.128. The molecule has 0 radical (unpaired) electrons. The summed E-state index contributed by atoms with van der Waals surface area (Å²) in [7, 11) is -3.16. The van der Waals surface area contributed by atoms with E-state index in [-0.39, 0.29) is 30.6 Å². The summed E-state index contributed by atoms with van der Waals surface area (Å²) in [5, 5.41) is 0. The van der Waals surface area contributed by atoms with Crippen molar-refractivity contribution in [2.45, 2.75) is 32.9 Å². The number of aryl methyl sites for hydroxylation is 2. The number of benzene rings is 2. The second-order valence-electron chi connectivity index (χ2n) is 7.32. The number of carbonyl (C=O) groups excluding carboxylic acids is 1. The molecule has 7 heteroatoms. The first-order valence-corrected chi connectivity index (χ1v) is 11.0. The molecule has 150 valence electrons. The Morgan fingerprint density at radius 1 is 1.18 bits per heavy atom. The number of nitrogens with zero attached hydrogens (tertiary/aromatic N) is 1. The SMILES string of the molecule is Cc1cc(C)cc(OCC(=O)N(Cc2cccc(F)c2)[C@@H]2CCS(=O)(=O)C2)c1. The summed E-state index contributed by atoms with van der Waals surface area (Å²) in [6.07, 6.45) is 0.382. The van der Waals surface area contributed by atoms with Crippen molar-refractivity contribution in [2.24, 2.45) is 0 Å². The van der Waals surface area contributed by atoms with Gasteiger partial charge in [-0.25, -0.2) is 12.8 Å². The van der Waals surface area contributed by atoms with E-state index in [0.717, 1.165) is 11.1 Å². The van der Waals surface area contributed by atoms with Crippen molar-refractivity contribution in [3.8, 4) is 5.75 Å². The summed E-state index contributed by atoms with van der Waals surface area (Å²) in [5.41, 5.74) is 2.67. The lowest BCUT2D eigenvalue weighted by molar-refractivity contribution is -0.136. The fourth-order valence-electron chi connectivity index (χ4n) is 3.52. The molecule has 5 nitrogen and oxygen atoms in total. The van der Waals surface area contributed by atoms with Crippen molar-refractivity contribution in [2.75, 3.05) is 18.1 Å². The third-order valence-electron chi connectivity index (χ3n) is 4.77. The van der Waals surface area contributed by atoms with Gasteiger partial charge in [0.2, 0.25) is 0 Å². The van der Waals surface area contributed by atoms with Gasteiger partial charge in [-0.1, -0.05) is 18.2 Å². The van der Waals surface area contributed by atoms with E-state index in [9.17, 15) is 17.6 Å². The van der Waals surface area contributed by atoms with Crippen LogP contribution in [0.15, 0.2) is 42.5 Å². The van der Waals surface area contributed by atoms with Gasteiger partial charge in [-0.15, -0.1) is 0 Å². The van der Waals surface area contributed by atoms with Gasteiger partial charge in [0.15, 0.2) is 16.4 Å². The van der Waals surface area contributed by atoms with E-state index >= 15 is 0 Å². The molecule has 2 aromatic carbocycles. The minimum atomic E-state index is -3.16. The number of sulfone groups is 1. The van der Waals surface area contributed by atoms with Crippen LogP contribution in [0, 0.1) is 19.7 Å². The number of rotatable bonds is 6. The van der Waals surface area contributed by atoms with Gasteiger partial charge in [0.25, 0.3) is 5.91 Å². The molecule has 0 aliphatic carbocycles. The van der Waals surface area contributed by atoms with Crippen LogP contribution in [0.4, 0.5) is 4.39 Å². The van der Waals surface area contributed by atoms with Gasteiger partial charge in [-0.3, -0.25) is 4.79 Å². The van der Waals surface area contributed by atoms with Crippen LogP contribution in [0.2, 0.25) is 0 Å². The maximum Gasteiger partial charge on any atom is 0.261 e. The molecule has 1 aliphatic heterocycles. The predicted molar refractivity (Wildman–Crippen MR) is 105 cm³/mol. The van der Waals surface area contributed by atoms with Gasteiger partial charge in [0.05, 0.1) is 11.5 Å². The van der Waals surface area contributed by atoms with Crippen LogP contribution < -0.4 is 4.74 Å². The van der Waals surface area contributed by atoms with Crippen molar-refractivity contribution >= 4 is 15.7 Å². The minimum absolute atomic E-state index is 0.0581. The quantitative estimate of drug-likeness (QED) is 0.741. The number of hydrogen-bond donors (Lipinski definition) is 0. The second kappa shape index (κ2) is 8.31. The van der Waals surface area contributed by atoms with Gasteiger partial charge in [-0.05, 0) is 61.2 Å². The van der Waals surface area contributed by atoms with E-state index in [1.54, 1.807) is 12.1 Å². The largest absolute Gasteiger partial charge is 0.484 e. The lowest BCUT2D eigenvalue weighted by atomic mass is 10.1. The van der Waals surface area contributed by atoms with Crippen molar-refractivity contribution < 1.29 is 22.3 Å². The minimum Gasteiger partial charge on any atom is -0.484 e. The first-order valence-electron chi connectivity index (χ1n) is 9.17. The molecular formula is C21H24FNO4S. The third-order valence-corrected chi connectivity index (χ3v) is 6.52. The first-order chi connectivity index (χ1) is 13.2. The Morgan fingerprint density at radius 2 is 1.89 bits per heavy atom. The van der Waals surface area contributed by atoms with Crippen molar-refractivity contribution in [1.29, 1.82) is 0 Å². The Bertz CT molecular complexity index is 954. The van der Waals surface area contributed by atoms with E-state index in [4.69, 9.17) is 4.74 Å². The van der Waals surface area contributed by atoms with Gasteiger partial charge in [0.1, 0.15) is 11.6 Å². The highest BCUT2D eigenvalue weighted by Gasteiger charge is 2.34. The maximum absolute atomic E-state index is 13.5. The average Bonchev–Trinajstić information content (AvgIpc) is 2.96. The van der Waals surface area contributed by atoms with Gasteiger partial charge in [0, 0.05) is 12.6 Å². The van der Waals surface area contributed by atoms with E-state index in [2.05, 4.69) is 0 Å².